The second-order valence-electron chi connectivity index (χ2n) is 5.27. The van der Waals surface area contributed by atoms with Gasteiger partial charge in [-0.15, -0.1) is 0 Å². The lowest BCUT2D eigenvalue weighted by atomic mass is 10.4. The molecule has 0 saturated heterocycles. The maximum Gasteiger partial charge on any atom is 0.225 e. The predicted octanol–water partition coefficient (Wildman–Crippen LogP) is -1.78. The highest BCUT2D eigenvalue weighted by molar-refractivity contribution is 5.26. The number of nitrogens with zero attached hydrogens (tertiary/aromatic N) is 6. The summed E-state index contributed by atoms with van der Waals surface area (Å²) in [4.78, 5) is 23.2. The van der Waals surface area contributed by atoms with Gasteiger partial charge in [0.15, 0.2) is 0 Å². The lowest BCUT2D eigenvalue weighted by Crippen LogP contribution is -2.13. The molecule has 0 unspecified atom stereocenters. The van der Waals surface area contributed by atoms with Crippen molar-refractivity contribution in [2.75, 3.05) is 62.6 Å². The van der Waals surface area contributed by atoms with Crippen molar-refractivity contribution in [3.05, 3.63) is 11.6 Å². The van der Waals surface area contributed by atoms with E-state index in [1.165, 1.54) is 0 Å². The van der Waals surface area contributed by atoms with Crippen LogP contribution in [-0.4, -0.2) is 69.5 Å². The number of hydrogen-bond donors (Lipinski definition) is 4. The van der Waals surface area contributed by atoms with Crippen LogP contribution in [0.15, 0.2) is 0 Å². The standard InChI is InChI=1S/C14H24N10O3/c15-11-19-9(20-12(16)23-11)1-3-25-5-7-27-8-6-26-4-2-10-21-13(17)24-14(18)22-10/h1-8H2,(H4,15,16,19,20,23)(H4,17,18,21,22,24). The van der Waals surface area contributed by atoms with E-state index in [0.29, 0.717) is 64.1 Å². The maximum absolute atomic E-state index is 5.49. The van der Waals surface area contributed by atoms with Gasteiger partial charge in [0.05, 0.1) is 39.6 Å². The topological polar surface area (TPSA) is 209 Å². The third-order valence-electron chi connectivity index (χ3n) is 3.12. The van der Waals surface area contributed by atoms with Gasteiger partial charge in [-0.1, -0.05) is 0 Å². The number of ether oxygens (including phenoxy) is 3. The molecule has 0 amide bonds. The van der Waals surface area contributed by atoms with Crippen molar-refractivity contribution < 1.29 is 14.2 Å². The Morgan fingerprint density at radius 3 is 1.07 bits per heavy atom. The Hall–Kier alpha value is -2.90. The van der Waals surface area contributed by atoms with Gasteiger partial charge in [0, 0.05) is 12.8 Å². The minimum Gasteiger partial charge on any atom is -0.379 e. The molecule has 8 N–H and O–H groups in total. The van der Waals surface area contributed by atoms with Crippen LogP contribution in [0.4, 0.5) is 23.8 Å². The summed E-state index contributed by atoms with van der Waals surface area (Å²) >= 11 is 0. The average Bonchev–Trinajstić information content (AvgIpc) is 2.58. The number of nitrogens with two attached hydrogens (primary N) is 4. The summed E-state index contributed by atoms with van der Waals surface area (Å²) in [6.45, 7) is 2.65. The lowest BCUT2D eigenvalue weighted by Gasteiger charge is -2.07. The quantitative estimate of drug-likeness (QED) is 0.300. The number of rotatable bonds is 12. The van der Waals surface area contributed by atoms with Crippen LogP contribution in [0.25, 0.3) is 0 Å². The van der Waals surface area contributed by atoms with Crippen LogP contribution in [0, 0.1) is 0 Å². The predicted molar refractivity (Wildman–Crippen MR) is 97.2 cm³/mol. The summed E-state index contributed by atoms with van der Waals surface area (Å²) in [5.41, 5.74) is 22.0. The fourth-order valence-electron chi connectivity index (χ4n) is 2.01. The van der Waals surface area contributed by atoms with Crippen molar-refractivity contribution in [3.63, 3.8) is 0 Å². The Kier molecular flexibility index (Phi) is 8.28. The van der Waals surface area contributed by atoms with Gasteiger partial charge in [0.25, 0.3) is 0 Å². The van der Waals surface area contributed by atoms with E-state index in [1.807, 2.05) is 0 Å². The molecule has 0 atom stereocenters. The molecular weight excluding hydrogens is 356 g/mol. The molecule has 2 aromatic rings. The van der Waals surface area contributed by atoms with Gasteiger partial charge in [-0.25, -0.2) is 0 Å². The van der Waals surface area contributed by atoms with E-state index in [9.17, 15) is 0 Å². The monoisotopic (exact) mass is 380 g/mol. The minimum absolute atomic E-state index is 0.100. The second kappa shape index (κ2) is 10.9. The smallest absolute Gasteiger partial charge is 0.225 e. The summed E-state index contributed by atoms with van der Waals surface area (Å²) in [5.74, 6) is 1.39. The molecule has 2 heterocycles. The van der Waals surface area contributed by atoms with Crippen molar-refractivity contribution in [2.45, 2.75) is 12.8 Å². The van der Waals surface area contributed by atoms with E-state index >= 15 is 0 Å². The third kappa shape index (κ3) is 8.35. The Morgan fingerprint density at radius 1 is 0.444 bits per heavy atom. The SMILES string of the molecule is Nc1nc(N)nc(CCOCCOCCOCCc2nc(N)nc(N)n2)n1. The van der Waals surface area contributed by atoms with Crippen LogP contribution in [-0.2, 0) is 27.1 Å². The molecule has 148 valence electrons. The number of aromatic nitrogens is 6. The first-order valence-electron chi connectivity index (χ1n) is 8.28. The first-order chi connectivity index (χ1) is 13.0. The number of nitrogen functional groups attached to an aromatic ring is 4. The molecule has 0 fully saturated rings. The van der Waals surface area contributed by atoms with Gasteiger partial charge in [-0.3, -0.25) is 0 Å². The minimum atomic E-state index is 0.100. The summed E-state index contributed by atoms with van der Waals surface area (Å²) in [6, 6.07) is 0. The van der Waals surface area contributed by atoms with E-state index in [2.05, 4.69) is 29.9 Å². The van der Waals surface area contributed by atoms with Crippen LogP contribution in [0.1, 0.15) is 11.6 Å². The summed E-state index contributed by atoms with van der Waals surface area (Å²) in [6.07, 6.45) is 0.984. The number of anilines is 4. The maximum atomic E-state index is 5.49. The fourth-order valence-corrected chi connectivity index (χ4v) is 2.01. The molecule has 27 heavy (non-hydrogen) atoms. The Morgan fingerprint density at radius 2 is 0.741 bits per heavy atom. The molecule has 0 aromatic carbocycles. The van der Waals surface area contributed by atoms with Crippen LogP contribution in [0.5, 0.6) is 0 Å². The van der Waals surface area contributed by atoms with Crippen molar-refractivity contribution >= 4 is 23.8 Å². The molecule has 0 aliphatic rings. The zero-order valence-electron chi connectivity index (χ0n) is 14.9. The van der Waals surface area contributed by atoms with Gasteiger partial charge in [-0.2, -0.15) is 29.9 Å². The second-order valence-corrected chi connectivity index (χ2v) is 5.27. The Bertz CT molecular complexity index is 618. The van der Waals surface area contributed by atoms with E-state index in [4.69, 9.17) is 37.1 Å². The Balaban J connectivity index is 1.43. The van der Waals surface area contributed by atoms with Crippen LogP contribution in [0.2, 0.25) is 0 Å². The first kappa shape index (κ1) is 20.4. The van der Waals surface area contributed by atoms with Crippen LogP contribution < -0.4 is 22.9 Å². The largest absolute Gasteiger partial charge is 0.379 e. The highest BCUT2D eigenvalue weighted by atomic mass is 16.5. The summed E-state index contributed by atoms with van der Waals surface area (Å²) < 4.78 is 16.3. The van der Waals surface area contributed by atoms with Gasteiger partial charge < -0.3 is 37.1 Å². The molecule has 13 heteroatoms. The highest BCUT2D eigenvalue weighted by Gasteiger charge is 2.03. The molecule has 0 aliphatic heterocycles. The molecule has 0 spiro atoms. The van der Waals surface area contributed by atoms with Crippen LogP contribution >= 0.6 is 0 Å². The third-order valence-corrected chi connectivity index (χ3v) is 3.12. The molecule has 0 bridgehead atoms. The normalized spacial score (nSPS) is 11.0. The zero-order valence-corrected chi connectivity index (χ0v) is 14.9. The average molecular weight is 380 g/mol. The van der Waals surface area contributed by atoms with Crippen molar-refractivity contribution in [1.29, 1.82) is 0 Å². The molecule has 0 saturated carbocycles. The first-order valence-corrected chi connectivity index (χ1v) is 8.28. The van der Waals surface area contributed by atoms with E-state index < -0.39 is 0 Å². The molecule has 2 rings (SSSR count). The van der Waals surface area contributed by atoms with Crippen molar-refractivity contribution in [1.82, 2.24) is 29.9 Å². The van der Waals surface area contributed by atoms with Crippen molar-refractivity contribution in [3.8, 4) is 0 Å². The van der Waals surface area contributed by atoms with Gasteiger partial charge in [0.2, 0.25) is 23.8 Å². The van der Waals surface area contributed by atoms with E-state index in [-0.39, 0.29) is 23.8 Å². The Labute approximate surface area is 155 Å². The molecule has 0 aliphatic carbocycles. The van der Waals surface area contributed by atoms with E-state index in [0.717, 1.165) is 0 Å². The molecular formula is C14H24N10O3. The highest BCUT2D eigenvalue weighted by Crippen LogP contribution is 2.00. The zero-order chi connectivity index (χ0) is 19.5. The van der Waals surface area contributed by atoms with Crippen LogP contribution in [0.3, 0.4) is 0 Å². The molecule has 0 radical (unpaired) electrons. The van der Waals surface area contributed by atoms with Gasteiger partial charge in [0.1, 0.15) is 11.6 Å². The fraction of sp³-hybridized carbons (Fsp3) is 0.571. The van der Waals surface area contributed by atoms with Gasteiger partial charge in [-0.05, 0) is 0 Å². The molecule has 13 nitrogen and oxygen atoms in total. The summed E-state index contributed by atoms with van der Waals surface area (Å²) in [7, 11) is 0. The van der Waals surface area contributed by atoms with Gasteiger partial charge >= 0.3 is 0 Å². The summed E-state index contributed by atoms with van der Waals surface area (Å²) in [5, 5.41) is 0. The van der Waals surface area contributed by atoms with E-state index in [1.54, 1.807) is 0 Å². The van der Waals surface area contributed by atoms with Crippen molar-refractivity contribution in [2.24, 2.45) is 0 Å². The lowest BCUT2D eigenvalue weighted by molar-refractivity contribution is 0.0153. The molecule has 2 aromatic heterocycles. The number of hydrogen-bond acceptors (Lipinski definition) is 13.